The second kappa shape index (κ2) is 6.89. The largest absolute Gasteiger partial charge is 0.394 e. The van der Waals surface area contributed by atoms with Crippen LogP contribution in [0.2, 0.25) is 4.34 Å². The van der Waals surface area contributed by atoms with E-state index in [2.05, 4.69) is 5.32 Å². The van der Waals surface area contributed by atoms with Gasteiger partial charge in [-0.05, 0) is 30.7 Å². The van der Waals surface area contributed by atoms with Crippen LogP contribution in [-0.4, -0.2) is 17.6 Å². The fourth-order valence-electron chi connectivity index (χ4n) is 1.90. The maximum Gasteiger partial charge on any atom is 0.244 e. The molecule has 0 saturated heterocycles. The molecule has 0 bridgehead atoms. The number of rotatable bonds is 5. The Bertz CT molecular complexity index is 639. The van der Waals surface area contributed by atoms with Crippen LogP contribution in [0.25, 0.3) is 6.08 Å². The lowest BCUT2D eigenvalue weighted by atomic mass is 9.93. The van der Waals surface area contributed by atoms with Crippen molar-refractivity contribution in [2.24, 2.45) is 0 Å². The summed E-state index contributed by atoms with van der Waals surface area (Å²) in [7, 11) is 0. The van der Waals surface area contributed by atoms with Gasteiger partial charge in [0.1, 0.15) is 0 Å². The fourth-order valence-corrected chi connectivity index (χ4v) is 2.86. The van der Waals surface area contributed by atoms with Gasteiger partial charge in [-0.1, -0.05) is 41.9 Å². The molecule has 5 heteroatoms. The van der Waals surface area contributed by atoms with Crippen LogP contribution in [0, 0.1) is 0 Å². The van der Waals surface area contributed by atoms with Crippen molar-refractivity contribution in [1.29, 1.82) is 0 Å². The third kappa shape index (κ3) is 4.17. The molecular weight excluding hydrogens is 306 g/mol. The van der Waals surface area contributed by atoms with Gasteiger partial charge in [0.25, 0.3) is 0 Å². The standard InChI is InChI=1S/C16H16ClNO2S/c1-16(11-19,12-5-3-2-4-6-12)18-15(20)10-8-13-7-9-14(17)21-13/h2-10,19H,11H2,1H3,(H,18,20)/b10-8+. The topological polar surface area (TPSA) is 49.3 Å². The SMILES string of the molecule is CC(CO)(NC(=O)/C=C/c1ccc(Cl)s1)c1ccccc1. The molecule has 0 aliphatic carbocycles. The van der Waals surface area contributed by atoms with Crippen LogP contribution in [-0.2, 0) is 10.3 Å². The molecule has 0 fully saturated rings. The first-order valence-corrected chi connectivity index (χ1v) is 7.65. The van der Waals surface area contributed by atoms with E-state index in [1.807, 2.05) is 36.4 Å². The Morgan fingerprint density at radius 1 is 1.33 bits per heavy atom. The van der Waals surface area contributed by atoms with Crippen LogP contribution in [0.1, 0.15) is 17.4 Å². The molecule has 3 nitrogen and oxygen atoms in total. The summed E-state index contributed by atoms with van der Waals surface area (Å²) in [5.74, 6) is -0.264. The lowest BCUT2D eigenvalue weighted by Gasteiger charge is -2.28. The van der Waals surface area contributed by atoms with Crippen LogP contribution in [0.3, 0.4) is 0 Å². The van der Waals surface area contributed by atoms with Gasteiger partial charge >= 0.3 is 0 Å². The van der Waals surface area contributed by atoms with E-state index < -0.39 is 5.54 Å². The number of hydrogen-bond acceptors (Lipinski definition) is 3. The van der Waals surface area contributed by atoms with Crippen LogP contribution < -0.4 is 5.32 Å². The molecule has 0 aliphatic rings. The van der Waals surface area contributed by atoms with Gasteiger partial charge in [0, 0.05) is 11.0 Å². The van der Waals surface area contributed by atoms with Crippen molar-refractivity contribution in [3.05, 3.63) is 63.3 Å². The first-order chi connectivity index (χ1) is 10.0. The van der Waals surface area contributed by atoms with Gasteiger partial charge in [0.2, 0.25) is 5.91 Å². The number of hydrogen-bond donors (Lipinski definition) is 2. The van der Waals surface area contributed by atoms with Crippen molar-refractivity contribution in [2.75, 3.05) is 6.61 Å². The van der Waals surface area contributed by atoms with Crippen molar-refractivity contribution >= 4 is 34.9 Å². The van der Waals surface area contributed by atoms with E-state index in [-0.39, 0.29) is 12.5 Å². The predicted molar refractivity (Wildman–Crippen MR) is 87.4 cm³/mol. The Kier molecular flexibility index (Phi) is 5.17. The summed E-state index contributed by atoms with van der Waals surface area (Å²) in [5, 5.41) is 12.5. The number of amides is 1. The summed E-state index contributed by atoms with van der Waals surface area (Å²) in [6.07, 6.45) is 3.15. The fraction of sp³-hybridized carbons (Fsp3) is 0.188. The quantitative estimate of drug-likeness (QED) is 0.829. The van der Waals surface area contributed by atoms with E-state index in [0.29, 0.717) is 4.34 Å². The summed E-state index contributed by atoms with van der Waals surface area (Å²) < 4.78 is 0.680. The maximum absolute atomic E-state index is 12.0. The van der Waals surface area contributed by atoms with Crippen molar-refractivity contribution in [1.82, 2.24) is 5.32 Å². The number of nitrogens with one attached hydrogen (secondary N) is 1. The predicted octanol–water partition coefficient (Wildman–Crippen LogP) is 3.44. The smallest absolute Gasteiger partial charge is 0.244 e. The van der Waals surface area contributed by atoms with Gasteiger partial charge < -0.3 is 10.4 Å². The van der Waals surface area contributed by atoms with Gasteiger partial charge in [-0.15, -0.1) is 11.3 Å². The third-order valence-electron chi connectivity index (χ3n) is 3.12. The molecule has 1 aromatic heterocycles. The van der Waals surface area contributed by atoms with Gasteiger partial charge in [0.15, 0.2) is 0 Å². The minimum Gasteiger partial charge on any atom is -0.394 e. The lowest BCUT2D eigenvalue weighted by molar-refractivity contribution is -0.118. The molecule has 0 aliphatic heterocycles. The van der Waals surface area contributed by atoms with Gasteiger partial charge in [0.05, 0.1) is 16.5 Å². The summed E-state index contributed by atoms with van der Waals surface area (Å²) in [6.45, 7) is 1.61. The van der Waals surface area contributed by atoms with Crippen LogP contribution in [0.4, 0.5) is 0 Å². The number of aliphatic hydroxyl groups excluding tert-OH is 1. The second-order valence-electron chi connectivity index (χ2n) is 4.82. The molecule has 0 saturated carbocycles. The highest BCUT2D eigenvalue weighted by Gasteiger charge is 2.26. The van der Waals surface area contributed by atoms with E-state index in [9.17, 15) is 9.90 Å². The maximum atomic E-state index is 12.0. The molecule has 1 heterocycles. The van der Waals surface area contributed by atoms with Crippen LogP contribution in [0.15, 0.2) is 48.5 Å². The van der Waals surface area contributed by atoms with E-state index in [1.165, 1.54) is 17.4 Å². The zero-order chi connectivity index (χ0) is 15.3. The normalized spacial score (nSPS) is 14.0. The van der Waals surface area contributed by atoms with E-state index in [0.717, 1.165) is 10.4 Å². The summed E-state index contributed by atoms with van der Waals surface area (Å²) in [6, 6.07) is 13.0. The zero-order valence-electron chi connectivity index (χ0n) is 11.5. The Balaban J connectivity index is 2.08. The molecule has 1 unspecified atom stereocenters. The number of benzene rings is 1. The van der Waals surface area contributed by atoms with Gasteiger partial charge in [-0.25, -0.2) is 0 Å². The number of halogens is 1. The monoisotopic (exact) mass is 321 g/mol. The highest BCUT2D eigenvalue weighted by Crippen LogP contribution is 2.23. The lowest BCUT2D eigenvalue weighted by Crippen LogP contribution is -2.45. The number of thiophene rings is 1. The van der Waals surface area contributed by atoms with E-state index >= 15 is 0 Å². The average molecular weight is 322 g/mol. The summed E-state index contributed by atoms with van der Waals surface area (Å²) in [4.78, 5) is 12.9. The molecule has 0 spiro atoms. The minimum atomic E-state index is -0.810. The van der Waals surface area contributed by atoms with Crippen molar-refractivity contribution in [3.63, 3.8) is 0 Å². The molecule has 2 rings (SSSR count). The van der Waals surface area contributed by atoms with E-state index in [1.54, 1.807) is 19.1 Å². The van der Waals surface area contributed by atoms with Crippen molar-refractivity contribution in [3.8, 4) is 0 Å². The Morgan fingerprint density at radius 2 is 2.05 bits per heavy atom. The summed E-state index contributed by atoms with van der Waals surface area (Å²) in [5.41, 5.74) is 0.0453. The van der Waals surface area contributed by atoms with Crippen LogP contribution in [0.5, 0.6) is 0 Å². The molecule has 1 atom stereocenters. The molecule has 1 aromatic carbocycles. The Hall–Kier alpha value is -1.62. The molecule has 0 radical (unpaired) electrons. The molecule has 21 heavy (non-hydrogen) atoms. The summed E-state index contributed by atoms with van der Waals surface area (Å²) >= 11 is 7.23. The number of carbonyl (C=O) groups excluding carboxylic acids is 1. The first kappa shape index (κ1) is 15.8. The highest BCUT2D eigenvalue weighted by atomic mass is 35.5. The van der Waals surface area contributed by atoms with Crippen LogP contribution >= 0.6 is 22.9 Å². The van der Waals surface area contributed by atoms with Crippen molar-refractivity contribution in [2.45, 2.75) is 12.5 Å². The molecule has 1 amide bonds. The van der Waals surface area contributed by atoms with Gasteiger partial charge in [-0.2, -0.15) is 0 Å². The van der Waals surface area contributed by atoms with E-state index in [4.69, 9.17) is 11.6 Å². The third-order valence-corrected chi connectivity index (χ3v) is 4.32. The molecular formula is C16H16ClNO2S. The minimum absolute atomic E-state index is 0.179. The Labute approximate surface area is 132 Å². The Morgan fingerprint density at radius 3 is 2.62 bits per heavy atom. The van der Waals surface area contributed by atoms with Crippen molar-refractivity contribution < 1.29 is 9.90 Å². The number of carbonyl (C=O) groups is 1. The first-order valence-electron chi connectivity index (χ1n) is 6.45. The molecule has 110 valence electrons. The average Bonchev–Trinajstić information content (AvgIpc) is 2.91. The second-order valence-corrected chi connectivity index (χ2v) is 6.57. The number of aliphatic hydroxyl groups is 1. The molecule has 2 aromatic rings. The highest BCUT2D eigenvalue weighted by molar-refractivity contribution is 7.17. The van der Waals surface area contributed by atoms with Gasteiger partial charge in [-0.3, -0.25) is 4.79 Å². The zero-order valence-corrected chi connectivity index (χ0v) is 13.1. The molecule has 2 N–H and O–H groups in total.